The highest BCUT2D eigenvalue weighted by Crippen LogP contribution is 2.22. The van der Waals surface area contributed by atoms with Crippen LogP contribution in [0.5, 0.6) is 0 Å². The number of nitrogens with one attached hydrogen (secondary N) is 3. The number of carbonyl (C=O) groups is 3. The zero-order valence-electron chi connectivity index (χ0n) is 13.9. The molecule has 1 aliphatic heterocycles. The minimum absolute atomic E-state index is 0.00316. The summed E-state index contributed by atoms with van der Waals surface area (Å²) in [6.07, 6.45) is 3.35. The van der Waals surface area contributed by atoms with E-state index >= 15 is 0 Å². The number of rotatable bonds is 7. The molecule has 0 radical (unpaired) electrons. The number of hydrogen-bond acceptors (Lipinski definition) is 4. The van der Waals surface area contributed by atoms with Gasteiger partial charge in [-0.2, -0.15) is 0 Å². The van der Waals surface area contributed by atoms with Crippen LogP contribution in [0, 0.1) is 0 Å². The first-order valence-electron chi connectivity index (χ1n) is 8.32. The Morgan fingerprint density at radius 2 is 1.96 bits per heavy atom. The Kier molecular flexibility index (Phi) is 6.60. The van der Waals surface area contributed by atoms with Crippen molar-refractivity contribution < 1.29 is 14.4 Å². The molecule has 4 amide bonds. The fourth-order valence-electron chi connectivity index (χ4n) is 2.46. The van der Waals surface area contributed by atoms with Gasteiger partial charge in [-0.25, -0.2) is 4.79 Å². The Labute approximate surface area is 141 Å². The van der Waals surface area contributed by atoms with Crippen LogP contribution in [-0.2, 0) is 9.59 Å². The van der Waals surface area contributed by atoms with Crippen LogP contribution in [0.15, 0.2) is 24.3 Å². The second kappa shape index (κ2) is 8.90. The van der Waals surface area contributed by atoms with Crippen molar-refractivity contribution in [2.45, 2.75) is 32.6 Å². The molecule has 0 saturated carbocycles. The van der Waals surface area contributed by atoms with E-state index in [-0.39, 0.29) is 12.5 Å². The van der Waals surface area contributed by atoms with Gasteiger partial charge in [0.05, 0.1) is 6.54 Å². The summed E-state index contributed by atoms with van der Waals surface area (Å²) < 4.78 is 0. The maximum absolute atomic E-state index is 11.7. The summed E-state index contributed by atoms with van der Waals surface area (Å²) in [5.41, 5.74) is 1.62. The van der Waals surface area contributed by atoms with Gasteiger partial charge < -0.3 is 15.5 Å². The zero-order valence-corrected chi connectivity index (χ0v) is 13.9. The molecule has 7 heteroatoms. The highest BCUT2D eigenvalue weighted by Gasteiger charge is 2.21. The van der Waals surface area contributed by atoms with Crippen LogP contribution >= 0.6 is 0 Å². The number of anilines is 2. The molecular weight excluding hydrogens is 308 g/mol. The molecular formula is C17H24N4O3. The van der Waals surface area contributed by atoms with Crippen LogP contribution in [0.1, 0.15) is 32.6 Å². The van der Waals surface area contributed by atoms with E-state index in [0.717, 1.165) is 37.2 Å². The van der Waals surface area contributed by atoms with Crippen LogP contribution in [0.2, 0.25) is 0 Å². The maximum atomic E-state index is 11.7. The Morgan fingerprint density at radius 3 is 2.58 bits per heavy atom. The van der Waals surface area contributed by atoms with E-state index in [4.69, 9.17) is 0 Å². The minimum Gasteiger partial charge on any atom is -0.376 e. The molecule has 1 fully saturated rings. The van der Waals surface area contributed by atoms with E-state index in [0.29, 0.717) is 13.0 Å². The van der Waals surface area contributed by atoms with Gasteiger partial charge in [-0.15, -0.1) is 0 Å². The lowest BCUT2D eigenvalue weighted by Crippen LogP contribution is -2.42. The number of urea groups is 1. The van der Waals surface area contributed by atoms with Crippen molar-refractivity contribution in [1.29, 1.82) is 0 Å². The Bertz CT molecular complexity index is 586. The van der Waals surface area contributed by atoms with Gasteiger partial charge in [-0.3, -0.25) is 14.9 Å². The number of nitrogens with zero attached hydrogens (tertiary/aromatic N) is 1. The predicted octanol–water partition coefficient (Wildman–Crippen LogP) is 1.85. The minimum atomic E-state index is -0.474. The standard InChI is InChI=1S/C17H24N4O3/c1-2-3-10-18-17(24)20-15(22)12-19-13-6-8-14(9-7-13)21-11-4-5-16(21)23/h6-9,19H,2-5,10-12H2,1H3,(H2,18,20,22,24). The number of amides is 4. The third kappa shape index (κ3) is 5.26. The molecule has 0 aromatic heterocycles. The monoisotopic (exact) mass is 332 g/mol. The molecule has 0 unspecified atom stereocenters. The molecule has 0 spiro atoms. The van der Waals surface area contributed by atoms with Gasteiger partial charge in [-0.05, 0) is 37.1 Å². The molecule has 1 heterocycles. The lowest BCUT2D eigenvalue weighted by Gasteiger charge is -2.16. The Morgan fingerprint density at radius 1 is 1.21 bits per heavy atom. The first-order chi connectivity index (χ1) is 11.6. The summed E-state index contributed by atoms with van der Waals surface area (Å²) in [4.78, 5) is 36.6. The van der Waals surface area contributed by atoms with E-state index < -0.39 is 11.9 Å². The maximum Gasteiger partial charge on any atom is 0.321 e. The highest BCUT2D eigenvalue weighted by molar-refractivity contribution is 5.96. The second-order valence-corrected chi connectivity index (χ2v) is 5.71. The molecule has 24 heavy (non-hydrogen) atoms. The van der Waals surface area contributed by atoms with Crippen molar-refractivity contribution in [3.8, 4) is 0 Å². The molecule has 7 nitrogen and oxygen atoms in total. The molecule has 1 aromatic carbocycles. The van der Waals surface area contributed by atoms with Gasteiger partial charge >= 0.3 is 6.03 Å². The van der Waals surface area contributed by atoms with Gasteiger partial charge in [0.15, 0.2) is 0 Å². The van der Waals surface area contributed by atoms with Crippen molar-refractivity contribution in [2.24, 2.45) is 0 Å². The molecule has 0 aliphatic carbocycles. The molecule has 1 saturated heterocycles. The lowest BCUT2D eigenvalue weighted by atomic mass is 10.2. The first kappa shape index (κ1) is 17.8. The summed E-state index contributed by atoms with van der Waals surface area (Å²) in [5.74, 6) is -0.257. The quantitative estimate of drug-likeness (QED) is 0.665. The summed E-state index contributed by atoms with van der Waals surface area (Å²) in [6, 6.07) is 6.85. The predicted molar refractivity (Wildman–Crippen MR) is 93.0 cm³/mol. The summed E-state index contributed by atoms with van der Waals surface area (Å²) in [6.45, 7) is 3.34. The van der Waals surface area contributed by atoms with Gasteiger partial charge in [0.1, 0.15) is 0 Å². The van der Waals surface area contributed by atoms with Crippen molar-refractivity contribution >= 4 is 29.2 Å². The molecule has 3 N–H and O–H groups in total. The summed E-state index contributed by atoms with van der Waals surface area (Å²) >= 11 is 0. The van der Waals surface area contributed by atoms with Gasteiger partial charge in [0.25, 0.3) is 0 Å². The van der Waals surface area contributed by atoms with Crippen molar-refractivity contribution in [3.63, 3.8) is 0 Å². The average molecular weight is 332 g/mol. The molecule has 0 atom stereocenters. The number of carbonyl (C=O) groups excluding carboxylic acids is 3. The highest BCUT2D eigenvalue weighted by atomic mass is 16.2. The molecule has 1 aromatic rings. The molecule has 0 bridgehead atoms. The third-order valence-electron chi connectivity index (χ3n) is 3.77. The SMILES string of the molecule is CCCCNC(=O)NC(=O)CNc1ccc(N2CCCC2=O)cc1. The topological polar surface area (TPSA) is 90.5 Å². The van der Waals surface area contributed by atoms with Crippen LogP contribution in [0.3, 0.4) is 0 Å². The van der Waals surface area contributed by atoms with Crippen molar-refractivity contribution in [3.05, 3.63) is 24.3 Å². The zero-order chi connectivity index (χ0) is 17.4. The van der Waals surface area contributed by atoms with Crippen LogP contribution in [0.25, 0.3) is 0 Å². The Balaban J connectivity index is 1.74. The average Bonchev–Trinajstić information content (AvgIpc) is 3.00. The smallest absolute Gasteiger partial charge is 0.321 e. The summed E-state index contributed by atoms with van der Waals surface area (Å²) in [7, 11) is 0. The molecule has 2 rings (SSSR count). The normalized spacial score (nSPS) is 13.7. The van der Waals surface area contributed by atoms with E-state index in [2.05, 4.69) is 16.0 Å². The second-order valence-electron chi connectivity index (χ2n) is 5.71. The fourth-order valence-corrected chi connectivity index (χ4v) is 2.46. The number of benzene rings is 1. The van der Waals surface area contributed by atoms with Crippen molar-refractivity contribution in [2.75, 3.05) is 29.9 Å². The van der Waals surface area contributed by atoms with E-state index in [1.807, 2.05) is 31.2 Å². The van der Waals surface area contributed by atoms with Crippen LogP contribution in [-0.4, -0.2) is 37.5 Å². The van der Waals surface area contributed by atoms with Gasteiger partial charge in [0, 0.05) is 30.9 Å². The van der Waals surface area contributed by atoms with E-state index in [1.165, 1.54) is 0 Å². The molecule has 1 aliphatic rings. The van der Waals surface area contributed by atoms with E-state index in [1.54, 1.807) is 4.90 Å². The largest absolute Gasteiger partial charge is 0.376 e. The first-order valence-corrected chi connectivity index (χ1v) is 8.32. The van der Waals surface area contributed by atoms with Gasteiger partial charge in [-0.1, -0.05) is 13.3 Å². The number of unbranched alkanes of at least 4 members (excludes halogenated alkanes) is 1. The van der Waals surface area contributed by atoms with Gasteiger partial charge in [0.2, 0.25) is 11.8 Å². The van der Waals surface area contributed by atoms with Crippen LogP contribution < -0.4 is 20.9 Å². The summed E-state index contributed by atoms with van der Waals surface area (Å²) in [5, 5.41) is 7.84. The lowest BCUT2D eigenvalue weighted by molar-refractivity contribution is -0.118. The number of hydrogen-bond donors (Lipinski definition) is 3. The fraction of sp³-hybridized carbons (Fsp3) is 0.471. The Hall–Kier alpha value is -2.57. The van der Waals surface area contributed by atoms with Crippen LogP contribution in [0.4, 0.5) is 16.2 Å². The van der Waals surface area contributed by atoms with E-state index in [9.17, 15) is 14.4 Å². The van der Waals surface area contributed by atoms with Crippen molar-refractivity contribution in [1.82, 2.24) is 10.6 Å². The third-order valence-corrected chi connectivity index (χ3v) is 3.77. The molecule has 130 valence electrons. The number of imide groups is 1.